The summed E-state index contributed by atoms with van der Waals surface area (Å²) in [5, 5.41) is 11.7. The summed E-state index contributed by atoms with van der Waals surface area (Å²) >= 11 is 0. The molecule has 102 valence electrons. The van der Waals surface area contributed by atoms with Gasteiger partial charge in [-0.15, -0.1) is 0 Å². The van der Waals surface area contributed by atoms with Crippen LogP contribution in [-0.4, -0.2) is 45.1 Å². The number of benzene rings is 1. The Balaban J connectivity index is 2.93. The van der Waals surface area contributed by atoms with E-state index in [0.717, 1.165) is 4.31 Å². The molecule has 18 heavy (non-hydrogen) atoms. The van der Waals surface area contributed by atoms with Crippen LogP contribution in [0.1, 0.15) is 6.42 Å². The maximum atomic E-state index is 11.9. The second-order valence-corrected chi connectivity index (χ2v) is 6.19. The number of anilines is 2. The first-order valence-electron chi connectivity index (χ1n) is 5.56. The number of sulfonamides is 1. The fraction of sp³-hybridized carbons (Fsp3) is 0.455. The van der Waals surface area contributed by atoms with Crippen molar-refractivity contribution >= 4 is 21.4 Å². The maximum absolute atomic E-state index is 11.9. The van der Waals surface area contributed by atoms with Crippen LogP contribution in [0.25, 0.3) is 0 Å². The second kappa shape index (κ2) is 6.03. The van der Waals surface area contributed by atoms with Crippen molar-refractivity contribution in [3.63, 3.8) is 0 Å². The van der Waals surface area contributed by atoms with Crippen molar-refractivity contribution in [2.45, 2.75) is 11.3 Å². The van der Waals surface area contributed by atoms with Gasteiger partial charge in [0.2, 0.25) is 10.0 Å². The van der Waals surface area contributed by atoms with Gasteiger partial charge < -0.3 is 16.2 Å². The molecule has 0 spiro atoms. The predicted octanol–water partition coefficient (Wildman–Crippen LogP) is 0.313. The Morgan fingerprint density at radius 1 is 1.39 bits per heavy atom. The highest BCUT2D eigenvalue weighted by Crippen LogP contribution is 2.23. The molecule has 0 saturated carbocycles. The molecule has 0 fully saturated rings. The van der Waals surface area contributed by atoms with Gasteiger partial charge in [0.25, 0.3) is 0 Å². The third-order valence-corrected chi connectivity index (χ3v) is 4.26. The van der Waals surface area contributed by atoms with Crippen molar-refractivity contribution < 1.29 is 13.5 Å². The van der Waals surface area contributed by atoms with Gasteiger partial charge in [0.05, 0.1) is 16.3 Å². The van der Waals surface area contributed by atoms with Gasteiger partial charge in [-0.3, -0.25) is 0 Å². The van der Waals surface area contributed by atoms with Crippen LogP contribution < -0.4 is 11.1 Å². The average molecular weight is 273 g/mol. The SMILES string of the molecule is CN(C)S(=O)(=O)c1ccc(NCCCO)c(N)c1. The lowest BCUT2D eigenvalue weighted by Gasteiger charge is -2.14. The molecule has 7 heteroatoms. The summed E-state index contributed by atoms with van der Waals surface area (Å²) in [6, 6.07) is 4.56. The van der Waals surface area contributed by atoms with Crippen molar-refractivity contribution in [1.82, 2.24) is 4.31 Å². The van der Waals surface area contributed by atoms with Crippen molar-refractivity contribution in [3.8, 4) is 0 Å². The van der Waals surface area contributed by atoms with Gasteiger partial charge >= 0.3 is 0 Å². The molecule has 0 aromatic heterocycles. The van der Waals surface area contributed by atoms with Gasteiger partial charge in [-0.25, -0.2) is 12.7 Å². The molecule has 6 nitrogen and oxygen atoms in total. The van der Waals surface area contributed by atoms with Crippen LogP contribution in [0.15, 0.2) is 23.1 Å². The molecule has 1 rings (SSSR count). The van der Waals surface area contributed by atoms with Crippen LogP contribution in [0.2, 0.25) is 0 Å². The molecule has 0 aliphatic carbocycles. The van der Waals surface area contributed by atoms with E-state index in [1.54, 1.807) is 6.07 Å². The van der Waals surface area contributed by atoms with Gasteiger partial charge in [-0.2, -0.15) is 0 Å². The first-order valence-corrected chi connectivity index (χ1v) is 7.00. The lowest BCUT2D eigenvalue weighted by molar-refractivity contribution is 0.292. The van der Waals surface area contributed by atoms with Crippen LogP contribution in [-0.2, 0) is 10.0 Å². The van der Waals surface area contributed by atoms with E-state index in [4.69, 9.17) is 10.8 Å². The van der Waals surface area contributed by atoms with Crippen LogP contribution in [0.5, 0.6) is 0 Å². The number of aliphatic hydroxyl groups is 1. The van der Waals surface area contributed by atoms with E-state index >= 15 is 0 Å². The predicted molar refractivity (Wildman–Crippen MR) is 71.9 cm³/mol. The monoisotopic (exact) mass is 273 g/mol. The molecule has 0 aliphatic rings. The van der Waals surface area contributed by atoms with E-state index in [1.165, 1.54) is 26.2 Å². The number of nitrogen functional groups attached to an aromatic ring is 1. The van der Waals surface area contributed by atoms with Gasteiger partial charge in [-0.1, -0.05) is 0 Å². The van der Waals surface area contributed by atoms with Gasteiger partial charge in [0.1, 0.15) is 0 Å². The largest absolute Gasteiger partial charge is 0.397 e. The van der Waals surface area contributed by atoms with Crippen LogP contribution in [0.4, 0.5) is 11.4 Å². The fourth-order valence-electron chi connectivity index (χ4n) is 1.38. The number of nitrogens with zero attached hydrogens (tertiary/aromatic N) is 1. The minimum absolute atomic E-state index is 0.0972. The molecule has 0 amide bonds. The van der Waals surface area contributed by atoms with Gasteiger partial charge in [0.15, 0.2) is 0 Å². The Kier molecular flexibility index (Phi) is 4.94. The molecule has 4 N–H and O–H groups in total. The Labute approximate surface area is 107 Å². The lowest BCUT2D eigenvalue weighted by atomic mass is 10.2. The van der Waals surface area contributed by atoms with E-state index in [0.29, 0.717) is 24.3 Å². The van der Waals surface area contributed by atoms with E-state index in [9.17, 15) is 8.42 Å². The third-order valence-electron chi connectivity index (χ3n) is 2.45. The van der Waals surface area contributed by atoms with Crippen molar-refractivity contribution in [2.24, 2.45) is 0 Å². The molecule has 0 bridgehead atoms. The summed E-state index contributed by atoms with van der Waals surface area (Å²) < 4.78 is 24.9. The third kappa shape index (κ3) is 3.34. The number of aliphatic hydroxyl groups excluding tert-OH is 1. The minimum atomic E-state index is -3.46. The summed E-state index contributed by atoms with van der Waals surface area (Å²) in [6.07, 6.45) is 0.608. The summed E-state index contributed by atoms with van der Waals surface area (Å²) in [6.45, 7) is 0.681. The van der Waals surface area contributed by atoms with Crippen LogP contribution >= 0.6 is 0 Å². The maximum Gasteiger partial charge on any atom is 0.242 e. The van der Waals surface area contributed by atoms with Crippen LogP contribution in [0.3, 0.4) is 0 Å². The lowest BCUT2D eigenvalue weighted by Crippen LogP contribution is -2.22. The fourth-order valence-corrected chi connectivity index (χ4v) is 2.31. The number of hydrogen-bond acceptors (Lipinski definition) is 5. The van der Waals surface area contributed by atoms with E-state index in [1.807, 2.05) is 0 Å². The first kappa shape index (κ1) is 14.7. The molecule has 0 unspecified atom stereocenters. The normalized spacial score (nSPS) is 11.8. The topological polar surface area (TPSA) is 95.7 Å². The molecule has 0 atom stereocenters. The Hall–Kier alpha value is -1.31. The summed E-state index contributed by atoms with van der Waals surface area (Å²) in [5.74, 6) is 0. The minimum Gasteiger partial charge on any atom is -0.397 e. The molecule has 0 aliphatic heterocycles. The Morgan fingerprint density at radius 3 is 2.56 bits per heavy atom. The van der Waals surface area contributed by atoms with E-state index in [-0.39, 0.29) is 11.5 Å². The zero-order chi connectivity index (χ0) is 13.8. The number of nitrogens with two attached hydrogens (primary N) is 1. The zero-order valence-corrected chi connectivity index (χ0v) is 11.4. The molecule has 0 heterocycles. The average Bonchev–Trinajstić information content (AvgIpc) is 2.31. The molecular weight excluding hydrogens is 254 g/mol. The van der Waals surface area contributed by atoms with Crippen LogP contribution in [0, 0.1) is 0 Å². The van der Waals surface area contributed by atoms with Crippen molar-refractivity contribution in [1.29, 1.82) is 0 Å². The quantitative estimate of drug-likeness (QED) is 0.512. The Bertz CT molecular complexity index is 500. The van der Waals surface area contributed by atoms with E-state index < -0.39 is 10.0 Å². The smallest absolute Gasteiger partial charge is 0.242 e. The van der Waals surface area contributed by atoms with Crippen molar-refractivity contribution in [3.05, 3.63) is 18.2 Å². The molecule has 1 aromatic rings. The highest BCUT2D eigenvalue weighted by molar-refractivity contribution is 7.89. The molecule has 0 radical (unpaired) electrons. The van der Waals surface area contributed by atoms with E-state index in [2.05, 4.69) is 5.32 Å². The standard InChI is InChI=1S/C11H19N3O3S/c1-14(2)18(16,17)9-4-5-11(10(12)8-9)13-6-3-7-15/h4-5,8,13,15H,3,6-7,12H2,1-2H3. The zero-order valence-electron chi connectivity index (χ0n) is 10.5. The van der Waals surface area contributed by atoms with Gasteiger partial charge in [0, 0.05) is 27.2 Å². The first-order chi connectivity index (χ1) is 8.39. The second-order valence-electron chi connectivity index (χ2n) is 4.04. The summed E-state index contributed by atoms with van der Waals surface area (Å²) in [5.41, 5.74) is 6.83. The highest BCUT2D eigenvalue weighted by Gasteiger charge is 2.17. The number of rotatable bonds is 6. The molecule has 1 aromatic carbocycles. The summed E-state index contributed by atoms with van der Waals surface area (Å²) in [7, 11) is -0.513. The highest BCUT2D eigenvalue weighted by atomic mass is 32.2. The Morgan fingerprint density at radius 2 is 2.06 bits per heavy atom. The number of nitrogens with one attached hydrogen (secondary N) is 1. The van der Waals surface area contributed by atoms with Crippen molar-refractivity contribution in [2.75, 3.05) is 38.3 Å². The molecular formula is C11H19N3O3S. The summed E-state index contributed by atoms with van der Waals surface area (Å²) in [4.78, 5) is 0.165. The van der Waals surface area contributed by atoms with Gasteiger partial charge in [-0.05, 0) is 24.6 Å². The number of hydrogen-bond donors (Lipinski definition) is 3. The molecule has 0 saturated heterocycles.